The van der Waals surface area contributed by atoms with Crippen molar-refractivity contribution in [2.45, 2.75) is 107 Å². The van der Waals surface area contributed by atoms with Crippen LogP contribution in [0.4, 0.5) is 0 Å². The first-order valence-electron chi connectivity index (χ1n) is 21.9. The number of hydrogen-bond acceptors (Lipinski definition) is 2. The van der Waals surface area contributed by atoms with Crippen LogP contribution in [0.1, 0.15) is 99.9 Å². The average molecular weight is 937 g/mol. The monoisotopic (exact) mass is 934 g/mol. The molecule has 0 amide bonds. The number of aryl methyl sites for hydroxylation is 6. The molecule has 0 spiro atoms. The van der Waals surface area contributed by atoms with Crippen LogP contribution in [0.25, 0.3) is 43.8 Å². The molecule has 8 aromatic rings. The maximum atomic E-state index is 9.21. The van der Waals surface area contributed by atoms with E-state index in [4.69, 9.17) is 0 Å². The fourth-order valence-corrected chi connectivity index (χ4v) is 7.42. The summed E-state index contributed by atoms with van der Waals surface area (Å²) in [4.78, 5) is 0. The number of halogens is 1. The van der Waals surface area contributed by atoms with Crippen molar-refractivity contribution < 1.29 is 34.4 Å². The van der Waals surface area contributed by atoms with Gasteiger partial charge in [0.1, 0.15) is 11.5 Å². The summed E-state index contributed by atoms with van der Waals surface area (Å²) < 4.78 is 3.34. The molecule has 2 N–H and O–H groups in total. The molecule has 0 radical (unpaired) electrons. The van der Waals surface area contributed by atoms with Gasteiger partial charge in [-0.15, -0.1) is 81.5 Å². The standard InChI is InChI=1S/2C21H23.2C8H10O.CH2.ClH.Zr/c2*1-5-15-13-17-7-6-8-19(20(17)14-15)16-9-11-18(12-10-16)21(2,3)4;2*1-6-4-3-5-7(2)8(6)9;;;/h2*6-14H,5H2,1-4H3;2*3-5,9H,1-2H3;1H2;1H;/q2*-1;;;;;+2. The van der Waals surface area contributed by atoms with Crippen LogP contribution < -0.4 is 0 Å². The zero-order valence-electron chi connectivity index (χ0n) is 39.8. The Labute approximate surface area is 400 Å². The second-order valence-corrected chi connectivity index (χ2v) is 18.2. The van der Waals surface area contributed by atoms with E-state index in [-0.39, 0.29) is 23.2 Å². The number of fused-ring (bicyclic) bond motifs is 2. The third-order valence-electron chi connectivity index (χ3n) is 11.4. The average Bonchev–Trinajstić information content (AvgIpc) is 3.90. The second-order valence-electron chi connectivity index (χ2n) is 18.2. The van der Waals surface area contributed by atoms with Crippen molar-refractivity contribution >= 4 is 38.2 Å². The Hall–Kier alpha value is -4.82. The van der Waals surface area contributed by atoms with Crippen molar-refractivity contribution in [2.75, 3.05) is 0 Å². The van der Waals surface area contributed by atoms with Crippen molar-refractivity contribution in [1.29, 1.82) is 0 Å². The number of phenols is 2. The van der Waals surface area contributed by atoms with Crippen molar-refractivity contribution in [2.24, 2.45) is 0 Å². The molecule has 0 aliphatic rings. The molecule has 0 aliphatic carbocycles. The number of phenolic OH excluding ortho intramolecular Hbond substituents is 2. The van der Waals surface area contributed by atoms with Crippen molar-refractivity contribution in [1.82, 2.24) is 0 Å². The zero-order valence-corrected chi connectivity index (χ0v) is 43.1. The summed E-state index contributed by atoms with van der Waals surface area (Å²) >= 11 is 1.30. The van der Waals surface area contributed by atoms with Crippen LogP contribution in [0.15, 0.2) is 146 Å². The number of para-hydroxylation sites is 2. The Morgan fingerprint density at radius 3 is 1.00 bits per heavy atom. The van der Waals surface area contributed by atoms with Crippen LogP contribution in [0.2, 0.25) is 0 Å². The summed E-state index contributed by atoms with van der Waals surface area (Å²) in [5, 5.41) is 23.9. The molecule has 4 heteroatoms. The topological polar surface area (TPSA) is 40.5 Å². The molecule has 8 aromatic carbocycles. The van der Waals surface area contributed by atoms with Crippen LogP contribution in [0, 0.1) is 27.7 Å². The molecular weight excluding hydrogens is 867 g/mol. The van der Waals surface area contributed by atoms with Gasteiger partial charge >= 0.3 is 28.4 Å². The van der Waals surface area contributed by atoms with Crippen LogP contribution in [0.5, 0.6) is 11.5 Å². The summed E-state index contributed by atoms with van der Waals surface area (Å²) in [5.41, 5.74) is 15.1. The maximum absolute atomic E-state index is 9.21. The van der Waals surface area contributed by atoms with E-state index in [1.807, 2.05) is 64.1 Å². The van der Waals surface area contributed by atoms with E-state index in [1.54, 1.807) is 0 Å². The normalized spacial score (nSPS) is 10.8. The molecule has 0 aliphatic heterocycles. The predicted molar refractivity (Wildman–Crippen MR) is 276 cm³/mol. The summed E-state index contributed by atoms with van der Waals surface area (Å²) in [6.07, 6.45) is 2.19. The van der Waals surface area contributed by atoms with Crippen molar-refractivity contribution in [3.05, 3.63) is 190 Å². The Kier molecular flexibility index (Phi) is 19.8. The Morgan fingerprint density at radius 2 is 0.746 bits per heavy atom. The van der Waals surface area contributed by atoms with Gasteiger partial charge in [0.2, 0.25) is 0 Å². The van der Waals surface area contributed by atoms with Crippen molar-refractivity contribution in [3.8, 4) is 33.8 Å². The van der Waals surface area contributed by atoms with E-state index in [2.05, 4.69) is 169 Å². The molecule has 0 atom stereocenters. The fourth-order valence-electron chi connectivity index (χ4n) is 7.42. The quantitative estimate of drug-likeness (QED) is 0.173. The van der Waals surface area contributed by atoms with Crippen molar-refractivity contribution in [3.63, 3.8) is 0 Å². The van der Waals surface area contributed by atoms with E-state index in [0.29, 0.717) is 11.5 Å². The van der Waals surface area contributed by atoms with E-state index < -0.39 is 0 Å². The third-order valence-corrected chi connectivity index (χ3v) is 11.4. The van der Waals surface area contributed by atoms with Crippen LogP contribution in [0.3, 0.4) is 0 Å². The third kappa shape index (κ3) is 14.1. The molecule has 0 unspecified atom stereocenters. The molecule has 0 saturated carbocycles. The van der Waals surface area contributed by atoms with Gasteiger partial charge in [-0.25, -0.2) is 0 Å². The van der Waals surface area contributed by atoms with Gasteiger partial charge < -0.3 is 10.2 Å². The minimum absolute atomic E-state index is 0. The Morgan fingerprint density at radius 1 is 0.460 bits per heavy atom. The molecular formula is C59H69ClO2Zr. The van der Waals surface area contributed by atoms with E-state index >= 15 is 0 Å². The Bertz CT molecular complexity index is 2420. The number of hydrogen-bond donors (Lipinski definition) is 2. The van der Waals surface area contributed by atoms with Gasteiger partial charge in [-0.1, -0.05) is 164 Å². The first-order chi connectivity index (χ1) is 29.4. The molecule has 0 heterocycles. The number of benzene rings is 6. The summed E-state index contributed by atoms with van der Waals surface area (Å²) in [7, 11) is 0. The molecule has 0 bridgehead atoms. The molecule has 0 saturated heterocycles. The Balaban J connectivity index is 0.000000235. The SMILES string of the molecule is CCc1cc2c(-c3ccc(C(C)(C)C)cc3)cccc2[cH-]1.CCc1cc2c(-c3ccc(C(C)(C)C)cc3)cccc2[cH-]1.Cc1cccc(C)c1O.Cc1cccc(C)c1O.Cl.[CH2]=[Zr+2]. The van der Waals surface area contributed by atoms with Gasteiger partial charge in [-0.3, -0.25) is 0 Å². The van der Waals surface area contributed by atoms with Gasteiger partial charge in [-0.05, 0) is 95.9 Å². The van der Waals surface area contributed by atoms with E-state index in [9.17, 15) is 10.2 Å². The number of aromatic hydroxyl groups is 2. The molecule has 328 valence electrons. The zero-order chi connectivity index (χ0) is 45.8. The number of rotatable bonds is 4. The molecule has 0 aromatic heterocycles. The molecule has 63 heavy (non-hydrogen) atoms. The van der Waals surface area contributed by atoms with Gasteiger partial charge in [0, 0.05) is 0 Å². The van der Waals surface area contributed by atoms with Gasteiger partial charge in [-0.2, -0.15) is 12.1 Å². The molecule has 0 fully saturated rings. The molecule has 2 nitrogen and oxygen atoms in total. The van der Waals surface area contributed by atoms with Gasteiger partial charge in [0.25, 0.3) is 0 Å². The van der Waals surface area contributed by atoms with Crippen LogP contribution in [-0.4, -0.2) is 14.4 Å². The summed E-state index contributed by atoms with van der Waals surface area (Å²) in [6.45, 7) is 25.5. The first-order valence-corrected chi connectivity index (χ1v) is 23.6. The molecule has 8 rings (SSSR count). The fraction of sp³-hybridized carbons (Fsp3) is 0.271. The second kappa shape index (κ2) is 23.7. The van der Waals surface area contributed by atoms with Crippen LogP contribution in [-0.2, 0) is 47.9 Å². The van der Waals surface area contributed by atoms with Crippen LogP contribution >= 0.6 is 12.4 Å². The van der Waals surface area contributed by atoms with Gasteiger partial charge in [0.05, 0.1) is 0 Å². The summed E-state index contributed by atoms with van der Waals surface area (Å²) in [6, 6.07) is 52.0. The predicted octanol–water partition coefficient (Wildman–Crippen LogP) is 16.6. The van der Waals surface area contributed by atoms with Gasteiger partial charge in [0.15, 0.2) is 0 Å². The van der Waals surface area contributed by atoms with E-state index in [0.717, 1.165) is 35.1 Å². The van der Waals surface area contributed by atoms with E-state index in [1.165, 1.54) is 90.3 Å². The first kappa shape index (κ1) is 52.5. The minimum atomic E-state index is 0. The summed E-state index contributed by atoms with van der Waals surface area (Å²) in [5.74, 6) is 0.829.